The summed E-state index contributed by atoms with van der Waals surface area (Å²) in [5, 5.41) is 8.49. The number of benzene rings is 1. The molecule has 1 heterocycles. The molecule has 0 fully saturated rings. The number of fused-ring (bicyclic) bond motifs is 1. The molecule has 0 radical (unpaired) electrons. The van der Waals surface area contributed by atoms with Gasteiger partial charge in [0.05, 0.1) is 6.04 Å². The molecule has 2 rings (SSSR count). The molecule has 2 N–H and O–H groups in total. The van der Waals surface area contributed by atoms with Crippen molar-refractivity contribution in [3.8, 4) is 0 Å². The summed E-state index contributed by atoms with van der Waals surface area (Å²) >= 11 is 0. The molecule has 1 amide bonds. The van der Waals surface area contributed by atoms with Crippen LogP contribution in [-0.4, -0.2) is 23.5 Å². The zero-order valence-corrected chi connectivity index (χ0v) is 12.9. The standard InChI is InChI=1S/C17H23N3O/c1-12(2)9-20-17(21)13(3)19-10-14-4-5-16-11-18-7-6-15(16)8-14/h4-8,11-13,19H,9-10H2,1-3H3,(H,20,21). The van der Waals surface area contributed by atoms with Crippen molar-refractivity contribution in [2.45, 2.75) is 33.4 Å². The molecule has 1 unspecified atom stereocenters. The average molecular weight is 285 g/mol. The summed E-state index contributed by atoms with van der Waals surface area (Å²) < 4.78 is 0. The molecular weight excluding hydrogens is 262 g/mol. The summed E-state index contributed by atoms with van der Waals surface area (Å²) in [5.41, 5.74) is 1.16. The molecule has 0 aliphatic heterocycles. The van der Waals surface area contributed by atoms with E-state index < -0.39 is 0 Å². The van der Waals surface area contributed by atoms with E-state index in [9.17, 15) is 4.79 Å². The second-order valence-corrected chi connectivity index (χ2v) is 5.80. The molecule has 0 aliphatic carbocycles. The van der Waals surface area contributed by atoms with Crippen molar-refractivity contribution in [2.24, 2.45) is 5.92 Å². The van der Waals surface area contributed by atoms with Crippen molar-refractivity contribution >= 4 is 16.7 Å². The van der Waals surface area contributed by atoms with Gasteiger partial charge in [-0.05, 0) is 35.9 Å². The van der Waals surface area contributed by atoms with E-state index in [1.54, 1.807) is 6.20 Å². The topological polar surface area (TPSA) is 54.0 Å². The Hall–Kier alpha value is -1.94. The van der Waals surface area contributed by atoms with Crippen LogP contribution in [0.5, 0.6) is 0 Å². The van der Waals surface area contributed by atoms with Gasteiger partial charge in [-0.3, -0.25) is 9.78 Å². The van der Waals surface area contributed by atoms with E-state index in [4.69, 9.17) is 0 Å². The predicted molar refractivity (Wildman–Crippen MR) is 85.9 cm³/mol. The van der Waals surface area contributed by atoms with Crippen LogP contribution in [0.25, 0.3) is 10.8 Å². The van der Waals surface area contributed by atoms with Crippen molar-refractivity contribution in [2.75, 3.05) is 6.54 Å². The first-order valence-electron chi connectivity index (χ1n) is 7.40. The number of hydrogen-bond donors (Lipinski definition) is 2. The Morgan fingerprint density at radius 1 is 1.19 bits per heavy atom. The van der Waals surface area contributed by atoms with Crippen LogP contribution >= 0.6 is 0 Å². The van der Waals surface area contributed by atoms with Gasteiger partial charge in [-0.25, -0.2) is 0 Å². The van der Waals surface area contributed by atoms with Gasteiger partial charge in [-0.15, -0.1) is 0 Å². The smallest absolute Gasteiger partial charge is 0.236 e. The van der Waals surface area contributed by atoms with Gasteiger partial charge in [0.2, 0.25) is 5.91 Å². The zero-order valence-electron chi connectivity index (χ0n) is 12.9. The minimum Gasteiger partial charge on any atom is -0.354 e. The molecule has 1 aromatic heterocycles. The van der Waals surface area contributed by atoms with Crippen molar-refractivity contribution in [1.29, 1.82) is 0 Å². The average Bonchev–Trinajstić information content (AvgIpc) is 2.49. The van der Waals surface area contributed by atoms with Crippen LogP contribution in [0.15, 0.2) is 36.7 Å². The van der Waals surface area contributed by atoms with Gasteiger partial charge in [-0.2, -0.15) is 0 Å². The molecule has 0 aliphatic rings. The highest BCUT2D eigenvalue weighted by molar-refractivity contribution is 5.82. The molecule has 0 bridgehead atoms. The minimum atomic E-state index is -0.197. The van der Waals surface area contributed by atoms with Crippen LogP contribution in [0, 0.1) is 5.92 Å². The molecule has 2 aromatic rings. The number of aromatic nitrogens is 1. The third-order valence-corrected chi connectivity index (χ3v) is 3.40. The summed E-state index contributed by atoms with van der Waals surface area (Å²) in [4.78, 5) is 16.0. The van der Waals surface area contributed by atoms with Gasteiger partial charge in [0, 0.05) is 30.9 Å². The quantitative estimate of drug-likeness (QED) is 0.857. The van der Waals surface area contributed by atoms with Crippen molar-refractivity contribution in [3.05, 3.63) is 42.2 Å². The van der Waals surface area contributed by atoms with E-state index in [0.29, 0.717) is 19.0 Å². The maximum absolute atomic E-state index is 11.9. The normalized spacial score (nSPS) is 12.6. The number of carbonyl (C=O) groups is 1. The molecule has 21 heavy (non-hydrogen) atoms. The summed E-state index contributed by atoms with van der Waals surface area (Å²) in [5.74, 6) is 0.518. The fourth-order valence-electron chi connectivity index (χ4n) is 2.06. The third-order valence-electron chi connectivity index (χ3n) is 3.40. The fraction of sp³-hybridized carbons (Fsp3) is 0.412. The molecule has 112 valence electrons. The van der Waals surface area contributed by atoms with Crippen LogP contribution in [0.1, 0.15) is 26.3 Å². The number of rotatable bonds is 6. The highest BCUT2D eigenvalue weighted by Gasteiger charge is 2.11. The largest absolute Gasteiger partial charge is 0.354 e. The maximum Gasteiger partial charge on any atom is 0.236 e. The molecule has 4 heteroatoms. The predicted octanol–water partition coefficient (Wildman–Crippen LogP) is 2.49. The van der Waals surface area contributed by atoms with E-state index in [1.165, 1.54) is 5.39 Å². The first kappa shape index (κ1) is 15.4. The second kappa shape index (κ2) is 7.18. The van der Waals surface area contributed by atoms with E-state index in [-0.39, 0.29) is 11.9 Å². The Morgan fingerprint density at radius 3 is 2.76 bits per heavy atom. The molecule has 0 spiro atoms. The minimum absolute atomic E-state index is 0.0497. The van der Waals surface area contributed by atoms with Crippen molar-refractivity contribution in [3.63, 3.8) is 0 Å². The Labute approximate surface area is 126 Å². The van der Waals surface area contributed by atoms with Crippen LogP contribution in [-0.2, 0) is 11.3 Å². The maximum atomic E-state index is 11.9. The lowest BCUT2D eigenvalue weighted by molar-refractivity contribution is -0.122. The second-order valence-electron chi connectivity index (χ2n) is 5.80. The van der Waals surface area contributed by atoms with Crippen molar-refractivity contribution in [1.82, 2.24) is 15.6 Å². The number of nitrogens with one attached hydrogen (secondary N) is 2. The number of hydrogen-bond acceptors (Lipinski definition) is 3. The van der Waals surface area contributed by atoms with E-state index in [1.807, 2.05) is 19.2 Å². The molecule has 4 nitrogen and oxygen atoms in total. The van der Waals surface area contributed by atoms with Crippen LogP contribution in [0.4, 0.5) is 0 Å². The summed E-state index contributed by atoms with van der Waals surface area (Å²) in [6.45, 7) is 7.45. The summed E-state index contributed by atoms with van der Waals surface area (Å²) in [6.07, 6.45) is 3.65. The monoisotopic (exact) mass is 285 g/mol. The van der Waals surface area contributed by atoms with E-state index >= 15 is 0 Å². The third kappa shape index (κ3) is 4.53. The van der Waals surface area contributed by atoms with Gasteiger partial charge in [-0.1, -0.05) is 26.0 Å². The zero-order chi connectivity index (χ0) is 15.2. The van der Waals surface area contributed by atoms with E-state index in [2.05, 4.69) is 47.7 Å². The highest BCUT2D eigenvalue weighted by Crippen LogP contribution is 2.14. The molecule has 0 saturated heterocycles. The number of nitrogens with zero attached hydrogens (tertiary/aromatic N) is 1. The van der Waals surface area contributed by atoms with Gasteiger partial charge < -0.3 is 10.6 Å². The SMILES string of the molecule is CC(C)CNC(=O)C(C)NCc1ccc2cnccc2c1. The highest BCUT2D eigenvalue weighted by atomic mass is 16.2. The Kier molecular flexibility index (Phi) is 5.28. The number of amides is 1. The van der Waals surface area contributed by atoms with Gasteiger partial charge in [0.15, 0.2) is 0 Å². The van der Waals surface area contributed by atoms with Crippen molar-refractivity contribution < 1.29 is 4.79 Å². The number of carbonyl (C=O) groups excluding carboxylic acids is 1. The lowest BCUT2D eigenvalue weighted by Crippen LogP contribution is -2.42. The van der Waals surface area contributed by atoms with Crippen LogP contribution in [0.3, 0.4) is 0 Å². The van der Waals surface area contributed by atoms with Gasteiger partial charge in [0.1, 0.15) is 0 Å². The summed E-state index contributed by atoms with van der Waals surface area (Å²) in [7, 11) is 0. The Bertz CT molecular complexity index is 610. The number of pyridine rings is 1. The van der Waals surface area contributed by atoms with Crippen LogP contribution in [0.2, 0.25) is 0 Å². The molecule has 1 aromatic carbocycles. The van der Waals surface area contributed by atoms with Gasteiger partial charge in [0.25, 0.3) is 0 Å². The molecule has 1 atom stereocenters. The van der Waals surface area contributed by atoms with Gasteiger partial charge >= 0.3 is 0 Å². The lowest BCUT2D eigenvalue weighted by Gasteiger charge is -2.15. The summed E-state index contributed by atoms with van der Waals surface area (Å²) in [6, 6.07) is 8.05. The molecule has 0 saturated carbocycles. The first-order valence-corrected chi connectivity index (χ1v) is 7.40. The fourth-order valence-corrected chi connectivity index (χ4v) is 2.06. The first-order chi connectivity index (χ1) is 10.1. The molecular formula is C17H23N3O. The Morgan fingerprint density at radius 2 is 2.00 bits per heavy atom. The Balaban J connectivity index is 1.90. The van der Waals surface area contributed by atoms with Crippen LogP contribution < -0.4 is 10.6 Å². The lowest BCUT2D eigenvalue weighted by atomic mass is 10.1. The van der Waals surface area contributed by atoms with E-state index in [0.717, 1.165) is 10.9 Å².